The van der Waals surface area contributed by atoms with E-state index >= 15 is 0 Å². The van der Waals surface area contributed by atoms with Crippen LogP contribution < -0.4 is 38.5 Å². The highest BCUT2D eigenvalue weighted by molar-refractivity contribution is 5.91. The minimum absolute atomic E-state index is 0.0141. The third-order valence-corrected chi connectivity index (χ3v) is 6.59. The van der Waals surface area contributed by atoms with Gasteiger partial charge in [-0.1, -0.05) is 56.3 Å². The van der Waals surface area contributed by atoms with Crippen LogP contribution in [0.1, 0.15) is 57.1 Å². The van der Waals surface area contributed by atoms with Crippen LogP contribution in [0.15, 0.2) is 54.6 Å². The van der Waals surface area contributed by atoms with Crippen LogP contribution in [0.4, 0.5) is 10.5 Å². The first-order chi connectivity index (χ1) is 22.4. The maximum absolute atomic E-state index is 13.0. The summed E-state index contributed by atoms with van der Waals surface area (Å²) in [6.45, 7) is 3.66. The van der Waals surface area contributed by atoms with Gasteiger partial charge in [-0.2, -0.15) is 0 Å². The fourth-order valence-corrected chi connectivity index (χ4v) is 4.02. The van der Waals surface area contributed by atoms with Crippen LogP contribution in [0.2, 0.25) is 0 Å². The Morgan fingerprint density at radius 1 is 0.809 bits per heavy atom. The Balaban J connectivity index is 0.00000541. The van der Waals surface area contributed by atoms with Gasteiger partial charge in [-0.25, -0.2) is 9.59 Å². The van der Waals surface area contributed by atoms with E-state index in [2.05, 4.69) is 21.3 Å². The van der Waals surface area contributed by atoms with Crippen molar-refractivity contribution in [1.82, 2.24) is 21.3 Å². The molecule has 3 atom stereocenters. The Labute approximate surface area is 274 Å². The van der Waals surface area contributed by atoms with Crippen molar-refractivity contribution in [2.75, 3.05) is 18.8 Å². The number of unbranched alkanes of at least 4 members (excludes halogenated alkanes) is 1. The molecule has 2 aromatic carbocycles. The highest BCUT2D eigenvalue weighted by Crippen LogP contribution is 2.09. The van der Waals surface area contributed by atoms with Gasteiger partial charge in [0.2, 0.25) is 23.6 Å². The summed E-state index contributed by atoms with van der Waals surface area (Å²) in [5, 5.41) is 19.4. The van der Waals surface area contributed by atoms with Crippen molar-refractivity contribution in [3.05, 3.63) is 65.7 Å². The topological polar surface area (TPSA) is 258 Å². The largest absolute Gasteiger partial charge is 0.480 e. The molecule has 15 heteroatoms. The van der Waals surface area contributed by atoms with E-state index in [4.69, 9.17) is 21.9 Å². The van der Waals surface area contributed by atoms with Gasteiger partial charge in [0.25, 0.3) is 0 Å². The molecule has 0 aromatic heterocycles. The molecule has 2 rings (SSSR count). The van der Waals surface area contributed by atoms with Crippen LogP contribution in [0.5, 0.6) is 0 Å². The van der Waals surface area contributed by atoms with Crippen LogP contribution >= 0.6 is 0 Å². The van der Waals surface area contributed by atoms with Gasteiger partial charge in [-0.15, -0.1) is 0 Å². The molecule has 47 heavy (non-hydrogen) atoms. The number of benzene rings is 2. The van der Waals surface area contributed by atoms with E-state index in [0.29, 0.717) is 42.6 Å². The van der Waals surface area contributed by atoms with Gasteiger partial charge in [0.05, 0.1) is 12.6 Å². The Kier molecular flexibility index (Phi) is 18.9. The van der Waals surface area contributed by atoms with Gasteiger partial charge in [0.15, 0.2) is 0 Å². The number of carbonyl (C=O) groups is 6. The number of primary amides is 1. The zero-order valence-electron chi connectivity index (χ0n) is 26.8. The highest BCUT2D eigenvalue weighted by atomic mass is 16.5. The van der Waals surface area contributed by atoms with Crippen molar-refractivity contribution in [1.29, 1.82) is 0 Å². The Hall–Kier alpha value is -5.18. The molecule has 0 saturated heterocycles. The first kappa shape index (κ1) is 39.8. The summed E-state index contributed by atoms with van der Waals surface area (Å²) >= 11 is 0. The summed E-state index contributed by atoms with van der Waals surface area (Å²) < 4.78 is 5.19. The minimum Gasteiger partial charge on any atom is -0.480 e. The summed E-state index contributed by atoms with van der Waals surface area (Å²) in [5.74, 6) is -3.81. The number of carbonyl (C=O) groups excluding carboxylic acids is 5. The molecule has 0 saturated carbocycles. The van der Waals surface area contributed by atoms with Gasteiger partial charge in [0, 0.05) is 25.1 Å². The zero-order valence-corrected chi connectivity index (χ0v) is 26.8. The van der Waals surface area contributed by atoms with E-state index in [1.807, 2.05) is 13.8 Å². The second-order valence-corrected chi connectivity index (χ2v) is 10.3. The van der Waals surface area contributed by atoms with Crippen LogP contribution in [-0.2, 0) is 41.7 Å². The van der Waals surface area contributed by atoms with Crippen LogP contribution in [-0.4, -0.2) is 72.0 Å². The maximum atomic E-state index is 13.0. The van der Waals surface area contributed by atoms with E-state index < -0.39 is 60.4 Å². The van der Waals surface area contributed by atoms with Crippen molar-refractivity contribution in [3.63, 3.8) is 0 Å². The smallest absolute Gasteiger partial charge is 0.408 e. The Morgan fingerprint density at radius 3 is 2.09 bits per heavy atom. The molecule has 0 spiro atoms. The lowest BCUT2D eigenvalue weighted by molar-refractivity contribution is -0.141. The fourth-order valence-electron chi connectivity index (χ4n) is 4.02. The number of nitrogen functional groups attached to an aromatic ring is 1. The van der Waals surface area contributed by atoms with Crippen molar-refractivity contribution in [2.24, 2.45) is 11.5 Å². The lowest BCUT2D eigenvalue weighted by Gasteiger charge is -2.19. The molecule has 2 aromatic rings. The summed E-state index contributed by atoms with van der Waals surface area (Å²) in [7, 11) is 0. The van der Waals surface area contributed by atoms with Crippen molar-refractivity contribution in [3.8, 4) is 0 Å². The molecule has 5 amide bonds. The predicted octanol–water partition coefficient (Wildman–Crippen LogP) is 0.697. The number of rotatable bonds is 19. The Morgan fingerprint density at radius 2 is 1.47 bits per heavy atom. The lowest BCUT2D eigenvalue weighted by atomic mass is 10.1. The SMILES string of the molecule is CC.NC(=O)C(N)CCCCNC(=O)CCC(NC(=O)OCc1ccccc1)C(=O)NCC(=O)NC(Cc1ccc(N)cc1)C(=O)O. The normalized spacial score (nSPS) is 12.1. The monoisotopic (exact) mass is 657 g/mol. The van der Waals surface area contributed by atoms with Crippen molar-refractivity contribution >= 4 is 41.4 Å². The number of alkyl carbamates (subject to hydrolysis) is 1. The number of carboxylic acids is 1. The molecule has 3 unspecified atom stereocenters. The number of aliphatic carboxylic acids is 1. The van der Waals surface area contributed by atoms with Crippen molar-refractivity contribution in [2.45, 2.75) is 77.1 Å². The number of carboxylic acid groups (broad SMARTS) is 1. The molecule has 0 aliphatic carbocycles. The number of hydrogen-bond donors (Lipinski definition) is 8. The summed E-state index contributed by atoms with van der Waals surface area (Å²) in [6.07, 6.45) is 0.294. The van der Waals surface area contributed by atoms with Gasteiger partial charge in [0.1, 0.15) is 18.7 Å². The second-order valence-electron chi connectivity index (χ2n) is 10.3. The van der Waals surface area contributed by atoms with Gasteiger partial charge < -0.3 is 48.3 Å². The average molecular weight is 658 g/mol. The van der Waals surface area contributed by atoms with E-state index in [9.17, 15) is 33.9 Å². The second kappa shape index (κ2) is 22.3. The number of amides is 5. The molecule has 0 bridgehead atoms. The molecule has 0 aliphatic rings. The lowest BCUT2D eigenvalue weighted by Crippen LogP contribution is -2.51. The summed E-state index contributed by atoms with van der Waals surface area (Å²) in [6, 6.07) is 12.1. The third kappa shape index (κ3) is 17.2. The van der Waals surface area contributed by atoms with E-state index in [-0.39, 0.29) is 25.9 Å². The van der Waals surface area contributed by atoms with Crippen LogP contribution in [0, 0.1) is 0 Å². The quantitative estimate of drug-likeness (QED) is 0.0774. The molecule has 11 N–H and O–H groups in total. The molecule has 0 aliphatic heterocycles. The number of hydrogen-bond acceptors (Lipinski definition) is 9. The standard InChI is InChI=1S/C30H41N7O8.C2H6/c31-21-11-9-19(10-12-21)16-24(29(42)43)36-26(39)17-35-28(41)23(37-30(44)45-18-20-6-2-1-3-7-20)13-14-25(38)34-15-5-4-8-22(32)27(33)40;1-2/h1-3,6-7,9-12,22-24H,4-5,8,13-18,31-32H2,(H2,33,40)(H,34,38)(H,35,41)(H,36,39)(H,37,44)(H,42,43);1-2H3. The van der Waals surface area contributed by atoms with Gasteiger partial charge in [-0.05, 0) is 48.9 Å². The molecule has 15 nitrogen and oxygen atoms in total. The zero-order chi connectivity index (χ0) is 35.2. The van der Waals surface area contributed by atoms with E-state index in [1.54, 1.807) is 54.6 Å². The van der Waals surface area contributed by atoms with Crippen LogP contribution in [0.3, 0.4) is 0 Å². The third-order valence-electron chi connectivity index (χ3n) is 6.59. The molecule has 0 heterocycles. The number of nitrogens with two attached hydrogens (primary N) is 3. The molecule has 0 fully saturated rings. The first-order valence-electron chi connectivity index (χ1n) is 15.4. The number of nitrogens with one attached hydrogen (secondary N) is 4. The Bertz CT molecular complexity index is 1290. The molecular weight excluding hydrogens is 610 g/mol. The molecular formula is C32H47N7O8. The first-order valence-corrected chi connectivity index (χ1v) is 15.4. The van der Waals surface area contributed by atoms with E-state index in [0.717, 1.165) is 0 Å². The number of ether oxygens (including phenoxy) is 1. The minimum atomic E-state index is -1.27. The summed E-state index contributed by atoms with van der Waals surface area (Å²) in [4.78, 5) is 73.0. The van der Waals surface area contributed by atoms with Crippen molar-refractivity contribution < 1.29 is 38.6 Å². The average Bonchev–Trinajstić information content (AvgIpc) is 3.06. The maximum Gasteiger partial charge on any atom is 0.408 e. The molecule has 258 valence electrons. The number of anilines is 1. The van der Waals surface area contributed by atoms with Crippen LogP contribution in [0.25, 0.3) is 0 Å². The summed E-state index contributed by atoms with van der Waals surface area (Å²) in [5.41, 5.74) is 18.2. The van der Waals surface area contributed by atoms with Gasteiger partial charge in [-0.3, -0.25) is 19.2 Å². The van der Waals surface area contributed by atoms with E-state index in [1.165, 1.54) is 0 Å². The predicted molar refractivity (Wildman–Crippen MR) is 175 cm³/mol. The van der Waals surface area contributed by atoms with Gasteiger partial charge >= 0.3 is 12.1 Å². The fraction of sp³-hybridized carbons (Fsp3) is 0.438. The highest BCUT2D eigenvalue weighted by Gasteiger charge is 2.25. The molecule has 0 radical (unpaired) electrons.